The van der Waals surface area contributed by atoms with E-state index in [1.807, 2.05) is 11.9 Å². The van der Waals surface area contributed by atoms with Crippen LogP contribution in [0.5, 0.6) is 0 Å². The van der Waals surface area contributed by atoms with E-state index in [2.05, 4.69) is 18.0 Å². The van der Waals surface area contributed by atoms with E-state index >= 15 is 0 Å². The summed E-state index contributed by atoms with van der Waals surface area (Å²) in [7, 11) is 3.91. The van der Waals surface area contributed by atoms with Gasteiger partial charge in [0.1, 0.15) is 17.7 Å². The van der Waals surface area contributed by atoms with Gasteiger partial charge in [0.05, 0.1) is 6.07 Å². The predicted molar refractivity (Wildman–Crippen MR) is 73.0 cm³/mol. The molecule has 0 bridgehead atoms. The molecule has 3 nitrogen and oxygen atoms in total. The Kier molecular flexibility index (Phi) is 4.69. The lowest BCUT2D eigenvalue weighted by atomic mass is 9.99. The molecule has 1 aliphatic rings. The fourth-order valence-electron chi connectivity index (χ4n) is 2.72. The van der Waals surface area contributed by atoms with E-state index in [1.54, 1.807) is 0 Å². The number of piperidine rings is 1. The third-order valence-corrected chi connectivity index (χ3v) is 4.05. The highest BCUT2D eigenvalue weighted by Gasteiger charge is 2.28. The van der Waals surface area contributed by atoms with Gasteiger partial charge in [-0.25, -0.2) is 8.78 Å². The number of nitrogens with zero attached hydrogens (tertiary/aromatic N) is 3. The Labute approximate surface area is 118 Å². The zero-order chi connectivity index (χ0) is 14.7. The fourth-order valence-corrected chi connectivity index (χ4v) is 2.72. The third-order valence-electron chi connectivity index (χ3n) is 4.05. The first-order valence-corrected chi connectivity index (χ1v) is 6.78. The number of halogens is 2. The van der Waals surface area contributed by atoms with Crippen molar-refractivity contribution >= 4 is 0 Å². The van der Waals surface area contributed by atoms with Gasteiger partial charge in [0.2, 0.25) is 0 Å². The number of benzene rings is 1. The van der Waals surface area contributed by atoms with Crippen molar-refractivity contribution in [3.05, 3.63) is 35.4 Å². The summed E-state index contributed by atoms with van der Waals surface area (Å²) in [5.74, 6) is -1.28. The van der Waals surface area contributed by atoms with Crippen molar-refractivity contribution in [3.63, 3.8) is 0 Å². The summed E-state index contributed by atoms with van der Waals surface area (Å²) in [6.07, 6.45) is 1.90. The van der Waals surface area contributed by atoms with E-state index in [1.165, 1.54) is 12.1 Å². The van der Waals surface area contributed by atoms with E-state index in [-0.39, 0.29) is 11.6 Å². The van der Waals surface area contributed by atoms with Gasteiger partial charge in [-0.05, 0) is 46.1 Å². The molecule has 1 unspecified atom stereocenters. The molecule has 1 heterocycles. The molecule has 1 fully saturated rings. The van der Waals surface area contributed by atoms with Crippen molar-refractivity contribution in [2.45, 2.75) is 24.9 Å². The van der Waals surface area contributed by atoms with E-state index in [0.29, 0.717) is 0 Å². The van der Waals surface area contributed by atoms with Crippen molar-refractivity contribution in [1.82, 2.24) is 9.80 Å². The number of hydrogen-bond donors (Lipinski definition) is 0. The summed E-state index contributed by atoms with van der Waals surface area (Å²) in [5.41, 5.74) is 0.246. The smallest absolute Gasteiger partial charge is 0.131 e. The van der Waals surface area contributed by atoms with Gasteiger partial charge in [0, 0.05) is 17.7 Å². The minimum absolute atomic E-state index is 0.246. The molecule has 1 aliphatic heterocycles. The van der Waals surface area contributed by atoms with Crippen molar-refractivity contribution in [2.24, 2.45) is 0 Å². The third kappa shape index (κ3) is 3.14. The van der Waals surface area contributed by atoms with E-state index in [4.69, 9.17) is 0 Å². The van der Waals surface area contributed by atoms with Crippen molar-refractivity contribution in [1.29, 1.82) is 5.26 Å². The maximum absolute atomic E-state index is 13.9. The second-order valence-corrected chi connectivity index (χ2v) is 5.40. The molecule has 0 saturated carbocycles. The van der Waals surface area contributed by atoms with Crippen LogP contribution in [0.3, 0.4) is 0 Å². The molecule has 0 amide bonds. The van der Waals surface area contributed by atoms with Crippen LogP contribution in [0.1, 0.15) is 24.4 Å². The summed E-state index contributed by atoms with van der Waals surface area (Å²) in [6, 6.07) is 5.11. The van der Waals surface area contributed by atoms with Crippen LogP contribution in [-0.4, -0.2) is 43.0 Å². The van der Waals surface area contributed by atoms with Crippen LogP contribution in [0.25, 0.3) is 0 Å². The quantitative estimate of drug-likeness (QED) is 0.852. The first-order valence-electron chi connectivity index (χ1n) is 6.78. The first kappa shape index (κ1) is 14.9. The molecule has 0 aromatic heterocycles. The molecule has 1 atom stereocenters. The normalized spacial score (nSPS) is 19.0. The van der Waals surface area contributed by atoms with Gasteiger partial charge >= 0.3 is 0 Å². The SMILES string of the molecule is CN1CCC(N(C)C(C#N)c2ccc(F)cc2F)CC1. The summed E-state index contributed by atoms with van der Waals surface area (Å²) in [5, 5.41) is 9.36. The van der Waals surface area contributed by atoms with Crippen LogP contribution in [0, 0.1) is 23.0 Å². The zero-order valence-corrected chi connectivity index (χ0v) is 11.8. The number of rotatable bonds is 3. The molecule has 0 N–H and O–H groups in total. The maximum Gasteiger partial charge on any atom is 0.131 e. The van der Waals surface area contributed by atoms with Gasteiger partial charge in [-0.15, -0.1) is 0 Å². The molecular weight excluding hydrogens is 260 g/mol. The minimum Gasteiger partial charge on any atom is -0.306 e. The lowest BCUT2D eigenvalue weighted by molar-refractivity contribution is 0.124. The second kappa shape index (κ2) is 6.29. The summed E-state index contributed by atoms with van der Waals surface area (Å²) < 4.78 is 26.8. The average molecular weight is 279 g/mol. The van der Waals surface area contributed by atoms with Crippen LogP contribution >= 0.6 is 0 Å². The molecule has 108 valence electrons. The van der Waals surface area contributed by atoms with Crippen LogP contribution in [0.4, 0.5) is 8.78 Å². The van der Waals surface area contributed by atoms with E-state index in [9.17, 15) is 14.0 Å². The number of likely N-dealkylation sites (tertiary alicyclic amines) is 1. The molecule has 1 aromatic carbocycles. The molecule has 2 rings (SSSR count). The molecule has 0 aliphatic carbocycles. The minimum atomic E-state index is -0.677. The molecule has 0 radical (unpaired) electrons. The summed E-state index contributed by atoms with van der Waals surface area (Å²) in [4.78, 5) is 4.15. The topological polar surface area (TPSA) is 30.3 Å². The molecule has 0 spiro atoms. The summed E-state index contributed by atoms with van der Waals surface area (Å²) in [6.45, 7) is 1.94. The van der Waals surface area contributed by atoms with Gasteiger partial charge in [0.15, 0.2) is 0 Å². The lowest BCUT2D eigenvalue weighted by Crippen LogP contribution is -2.43. The Morgan fingerprint density at radius 3 is 2.55 bits per heavy atom. The fraction of sp³-hybridized carbons (Fsp3) is 0.533. The van der Waals surface area contributed by atoms with Crippen molar-refractivity contribution in [2.75, 3.05) is 27.2 Å². The predicted octanol–water partition coefficient (Wildman–Crippen LogP) is 2.56. The standard InChI is InChI=1S/C15H19F2N3/c1-19-7-5-12(6-8-19)20(2)15(10-18)13-4-3-11(16)9-14(13)17/h3-4,9,12,15H,5-8H2,1-2H3. The van der Waals surface area contributed by atoms with E-state index in [0.717, 1.165) is 32.0 Å². The van der Waals surface area contributed by atoms with Gasteiger partial charge in [0.25, 0.3) is 0 Å². The highest BCUT2D eigenvalue weighted by atomic mass is 19.1. The van der Waals surface area contributed by atoms with Gasteiger partial charge < -0.3 is 4.90 Å². The van der Waals surface area contributed by atoms with Crippen LogP contribution in [0.15, 0.2) is 18.2 Å². The Bertz CT molecular complexity index is 504. The highest BCUT2D eigenvalue weighted by Crippen LogP contribution is 2.27. The lowest BCUT2D eigenvalue weighted by Gasteiger charge is -2.37. The molecule has 20 heavy (non-hydrogen) atoms. The van der Waals surface area contributed by atoms with E-state index < -0.39 is 17.7 Å². The van der Waals surface area contributed by atoms with Gasteiger partial charge in [-0.2, -0.15) is 5.26 Å². The Hall–Kier alpha value is -1.51. The Morgan fingerprint density at radius 2 is 2.00 bits per heavy atom. The molecule has 1 saturated heterocycles. The number of nitriles is 1. The van der Waals surface area contributed by atoms with Crippen molar-refractivity contribution < 1.29 is 8.78 Å². The van der Waals surface area contributed by atoms with Gasteiger partial charge in [-0.1, -0.05) is 6.07 Å². The van der Waals surface area contributed by atoms with Crippen LogP contribution < -0.4 is 0 Å². The Balaban J connectivity index is 2.17. The molecular formula is C15H19F2N3. The summed E-state index contributed by atoms with van der Waals surface area (Å²) >= 11 is 0. The largest absolute Gasteiger partial charge is 0.306 e. The van der Waals surface area contributed by atoms with Crippen molar-refractivity contribution in [3.8, 4) is 6.07 Å². The maximum atomic E-state index is 13.9. The average Bonchev–Trinajstić information content (AvgIpc) is 2.42. The molecule has 1 aromatic rings. The zero-order valence-electron chi connectivity index (χ0n) is 11.8. The number of hydrogen-bond acceptors (Lipinski definition) is 3. The monoisotopic (exact) mass is 279 g/mol. The van der Waals surface area contributed by atoms with Crippen LogP contribution in [-0.2, 0) is 0 Å². The molecule has 5 heteroatoms. The Morgan fingerprint density at radius 1 is 1.35 bits per heavy atom. The van der Waals surface area contributed by atoms with Gasteiger partial charge in [-0.3, -0.25) is 4.90 Å². The second-order valence-electron chi connectivity index (χ2n) is 5.40. The highest BCUT2D eigenvalue weighted by molar-refractivity contribution is 5.26. The van der Waals surface area contributed by atoms with Crippen LogP contribution in [0.2, 0.25) is 0 Å². The first-order chi connectivity index (χ1) is 9.52.